The first-order valence-corrected chi connectivity index (χ1v) is 11.8. The molecule has 3 aromatic rings. The van der Waals surface area contributed by atoms with E-state index < -0.39 is 11.1 Å². The Morgan fingerprint density at radius 3 is 2.48 bits per heavy atom. The topological polar surface area (TPSA) is 95.7 Å². The zero-order chi connectivity index (χ0) is 22.2. The van der Waals surface area contributed by atoms with E-state index in [-0.39, 0.29) is 37.4 Å². The first-order chi connectivity index (χ1) is 14.9. The number of Topliss-reactive ketones (excluding diaryl/α,β-unsaturated/α-hetero) is 1. The first kappa shape index (κ1) is 22.7. The van der Waals surface area contributed by atoms with Gasteiger partial charge in [-0.1, -0.05) is 69.3 Å². The fourth-order valence-electron chi connectivity index (χ4n) is 2.76. The van der Waals surface area contributed by atoms with Gasteiger partial charge >= 0.3 is 5.97 Å². The summed E-state index contributed by atoms with van der Waals surface area (Å²) in [5, 5.41) is 9.21. The highest BCUT2D eigenvalue weighted by molar-refractivity contribution is 7.80. The minimum Gasteiger partial charge on any atom is -0.426 e. The molecule has 0 aliphatic carbocycles. The van der Waals surface area contributed by atoms with Crippen molar-refractivity contribution in [3.63, 3.8) is 0 Å². The summed E-state index contributed by atoms with van der Waals surface area (Å²) in [7, 11) is 3.17. The largest absolute Gasteiger partial charge is 0.426 e. The smallest absolute Gasteiger partial charge is 0.311 e. The number of benzene rings is 2. The quantitative estimate of drug-likeness (QED) is 0.0556. The van der Waals surface area contributed by atoms with Crippen molar-refractivity contribution in [3.8, 4) is 16.2 Å². The summed E-state index contributed by atoms with van der Waals surface area (Å²) in [6.45, 7) is -0.196. The van der Waals surface area contributed by atoms with Crippen LogP contribution in [-0.4, -0.2) is 23.4 Å². The minimum absolute atomic E-state index is 0.0621. The first-order valence-electron chi connectivity index (χ1n) is 9.22. The van der Waals surface area contributed by atoms with Crippen LogP contribution in [-0.2, 0) is 16.1 Å². The van der Waals surface area contributed by atoms with E-state index in [1.54, 1.807) is 44.9 Å². The van der Waals surface area contributed by atoms with Gasteiger partial charge in [-0.2, -0.15) is 0 Å². The molecular weight excluding hydrogens is 458 g/mol. The van der Waals surface area contributed by atoms with Gasteiger partial charge in [-0.25, -0.2) is 0 Å². The van der Waals surface area contributed by atoms with Crippen LogP contribution in [0.4, 0.5) is 0 Å². The Bertz CT molecular complexity index is 1140. The number of rotatable bonds is 10. The fourth-order valence-corrected chi connectivity index (χ4v) is 5.16. The Hall–Kier alpha value is -2.95. The lowest BCUT2D eigenvalue weighted by Crippen LogP contribution is -2.13. The number of para-hydroxylation sites is 1. The van der Waals surface area contributed by atoms with Crippen LogP contribution < -0.4 is 4.74 Å². The Balaban J connectivity index is 1.62. The van der Waals surface area contributed by atoms with Gasteiger partial charge < -0.3 is 9.57 Å². The summed E-state index contributed by atoms with van der Waals surface area (Å²) >= 11 is 5.17. The van der Waals surface area contributed by atoms with Crippen molar-refractivity contribution in [2.75, 3.05) is 6.61 Å². The molecule has 0 saturated carbocycles. The van der Waals surface area contributed by atoms with E-state index >= 15 is 0 Å². The SMILES string of the molecule is O=C(CCCO[N+](=O)[O-])Oc1ccccc1C(=O)Cc1ccc(-c2cc(=S)ss2)cc1. The second kappa shape index (κ2) is 10.9. The Morgan fingerprint density at radius 1 is 1.06 bits per heavy atom. The molecule has 1 heterocycles. The summed E-state index contributed by atoms with van der Waals surface area (Å²) in [6, 6.07) is 16.2. The highest BCUT2D eigenvalue weighted by Gasteiger charge is 2.16. The maximum absolute atomic E-state index is 12.8. The lowest BCUT2D eigenvalue weighted by Gasteiger charge is -2.10. The highest BCUT2D eigenvalue weighted by atomic mass is 32.9. The summed E-state index contributed by atoms with van der Waals surface area (Å²) in [4.78, 5) is 40.2. The van der Waals surface area contributed by atoms with Gasteiger partial charge in [0.15, 0.2) is 5.78 Å². The normalized spacial score (nSPS) is 10.5. The molecule has 160 valence electrons. The molecule has 31 heavy (non-hydrogen) atoms. The van der Waals surface area contributed by atoms with Crippen LogP contribution in [0.3, 0.4) is 0 Å². The van der Waals surface area contributed by atoms with E-state index in [9.17, 15) is 19.7 Å². The molecule has 0 atom stereocenters. The lowest BCUT2D eigenvalue weighted by atomic mass is 10.0. The van der Waals surface area contributed by atoms with Crippen LogP contribution in [0.25, 0.3) is 10.4 Å². The van der Waals surface area contributed by atoms with Gasteiger partial charge in [-0.15, -0.1) is 10.1 Å². The Morgan fingerprint density at radius 2 is 1.81 bits per heavy atom. The zero-order valence-corrected chi connectivity index (χ0v) is 18.6. The van der Waals surface area contributed by atoms with Crippen LogP contribution in [0.15, 0.2) is 54.6 Å². The molecule has 0 aliphatic rings. The van der Waals surface area contributed by atoms with Crippen molar-refractivity contribution in [2.45, 2.75) is 19.3 Å². The molecule has 0 fully saturated rings. The average Bonchev–Trinajstić information content (AvgIpc) is 3.18. The maximum Gasteiger partial charge on any atom is 0.311 e. The van der Waals surface area contributed by atoms with E-state index in [0.717, 1.165) is 19.8 Å². The predicted octanol–water partition coefficient (Wildman–Crippen LogP) is 5.53. The van der Waals surface area contributed by atoms with Crippen LogP contribution in [0.5, 0.6) is 5.75 Å². The molecule has 2 aromatic carbocycles. The van der Waals surface area contributed by atoms with E-state index in [4.69, 9.17) is 17.0 Å². The average molecular weight is 476 g/mol. The molecule has 7 nitrogen and oxygen atoms in total. The Kier molecular flexibility index (Phi) is 7.99. The van der Waals surface area contributed by atoms with Crippen molar-refractivity contribution in [2.24, 2.45) is 0 Å². The molecule has 10 heteroatoms. The highest BCUT2D eigenvalue weighted by Crippen LogP contribution is 2.29. The van der Waals surface area contributed by atoms with Crippen molar-refractivity contribution in [3.05, 3.63) is 79.7 Å². The Labute approximate surface area is 190 Å². The molecule has 0 N–H and O–H groups in total. The summed E-state index contributed by atoms with van der Waals surface area (Å²) < 4.78 is 6.14. The molecule has 0 bridgehead atoms. The summed E-state index contributed by atoms with van der Waals surface area (Å²) in [5.41, 5.74) is 2.19. The molecule has 0 aliphatic heterocycles. The number of nitrogens with zero attached hydrogens (tertiary/aromatic N) is 1. The van der Waals surface area contributed by atoms with Gasteiger partial charge in [0.25, 0.3) is 5.09 Å². The molecule has 1 aromatic heterocycles. The van der Waals surface area contributed by atoms with Crippen molar-refractivity contribution in [1.82, 2.24) is 0 Å². The third kappa shape index (κ3) is 6.78. The zero-order valence-electron chi connectivity index (χ0n) is 16.1. The third-order valence-electron chi connectivity index (χ3n) is 4.20. The number of hydrogen-bond acceptors (Lipinski definition) is 9. The standard InChI is InChI=1S/C21H17NO6S3/c23-17(12-14-7-9-15(10-8-14)19-13-21(29)31-30-19)16-4-1-2-5-18(16)28-20(24)6-3-11-27-22(25)26/h1-2,4-5,7-10,13H,3,6,11-12H2. The van der Waals surface area contributed by atoms with Gasteiger partial charge in [-0.05, 0) is 35.7 Å². The predicted molar refractivity (Wildman–Crippen MR) is 121 cm³/mol. The number of carbonyl (C=O) groups is 2. The second-order valence-corrected chi connectivity index (χ2v) is 9.33. The molecule has 0 radical (unpaired) electrons. The number of ether oxygens (including phenoxy) is 1. The monoisotopic (exact) mass is 475 g/mol. The maximum atomic E-state index is 12.8. The van der Waals surface area contributed by atoms with Crippen LogP contribution in [0.1, 0.15) is 28.8 Å². The van der Waals surface area contributed by atoms with E-state index in [1.165, 1.54) is 0 Å². The lowest BCUT2D eigenvalue weighted by molar-refractivity contribution is -0.757. The van der Waals surface area contributed by atoms with Crippen LogP contribution in [0, 0.1) is 13.9 Å². The van der Waals surface area contributed by atoms with Crippen molar-refractivity contribution >= 4 is 44.7 Å². The second-order valence-electron chi connectivity index (χ2n) is 6.42. The van der Waals surface area contributed by atoms with E-state index in [2.05, 4.69) is 4.84 Å². The molecule has 3 rings (SSSR count). The van der Waals surface area contributed by atoms with Crippen molar-refractivity contribution < 1.29 is 24.3 Å². The number of hydrogen-bond donors (Lipinski definition) is 0. The van der Waals surface area contributed by atoms with E-state index in [0.29, 0.717) is 5.56 Å². The molecule has 0 unspecified atom stereocenters. The van der Waals surface area contributed by atoms with Gasteiger partial charge in [0.05, 0.1) is 12.2 Å². The molecule has 0 amide bonds. The summed E-state index contributed by atoms with van der Waals surface area (Å²) in [5.74, 6) is -0.601. The minimum atomic E-state index is -0.914. The van der Waals surface area contributed by atoms with Gasteiger partial charge in [-0.3, -0.25) is 9.59 Å². The molecular formula is C21H17NO6S3. The molecule has 0 saturated heterocycles. The van der Waals surface area contributed by atoms with Gasteiger partial charge in [0.1, 0.15) is 9.57 Å². The fraction of sp³-hybridized carbons (Fsp3) is 0.190. The number of esters is 1. The van der Waals surface area contributed by atoms with Gasteiger partial charge in [0.2, 0.25) is 0 Å². The summed E-state index contributed by atoms with van der Waals surface area (Å²) in [6.07, 6.45) is 0.235. The third-order valence-corrected chi connectivity index (χ3v) is 7.11. The number of carbonyl (C=O) groups excluding carboxylic acids is 2. The molecule has 0 spiro atoms. The number of ketones is 1. The van der Waals surface area contributed by atoms with Gasteiger partial charge in [0, 0.05) is 17.7 Å². The van der Waals surface area contributed by atoms with E-state index in [1.807, 2.05) is 30.3 Å². The van der Waals surface area contributed by atoms with Crippen molar-refractivity contribution in [1.29, 1.82) is 0 Å². The van der Waals surface area contributed by atoms with Crippen LogP contribution in [0.2, 0.25) is 0 Å². The van der Waals surface area contributed by atoms with Crippen LogP contribution >= 0.6 is 32.9 Å².